The second-order valence-corrected chi connectivity index (χ2v) is 4.21. The van der Waals surface area contributed by atoms with Crippen LogP contribution in [-0.4, -0.2) is 4.98 Å². The zero-order valence-corrected chi connectivity index (χ0v) is 7.40. The second kappa shape index (κ2) is 2.29. The number of hydrogen-bond donors (Lipinski definition) is 1. The van der Waals surface area contributed by atoms with Crippen molar-refractivity contribution in [2.75, 3.05) is 0 Å². The first-order valence-electron chi connectivity index (χ1n) is 3.92. The summed E-state index contributed by atoms with van der Waals surface area (Å²) in [6.45, 7) is 2.20. The van der Waals surface area contributed by atoms with Gasteiger partial charge in [0.2, 0.25) is 0 Å². The SMILES string of the molecule is CC1CCC1(N)c1nccs1. The molecule has 0 aliphatic heterocycles. The molecule has 1 heterocycles. The fourth-order valence-corrected chi connectivity index (χ4v) is 2.41. The van der Waals surface area contributed by atoms with Crippen molar-refractivity contribution < 1.29 is 0 Å². The molecular weight excluding hydrogens is 156 g/mol. The summed E-state index contributed by atoms with van der Waals surface area (Å²) in [7, 11) is 0. The number of nitrogens with zero attached hydrogens (tertiary/aromatic N) is 1. The van der Waals surface area contributed by atoms with Gasteiger partial charge in [0.15, 0.2) is 0 Å². The molecule has 11 heavy (non-hydrogen) atoms. The van der Waals surface area contributed by atoms with E-state index in [1.165, 1.54) is 6.42 Å². The van der Waals surface area contributed by atoms with E-state index < -0.39 is 0 Å². The largest absolute Gasteiger partial charge is 0.319 e. The van der Waals surface area contributed by atoms with Gasteiger partial charge in [-0.2, -0.15) is 0 Å². The van der Waals surface area contributed by atoms with Gasteiger partial charge in [-0.3, -0.25) is 0 Å². The van der Waals surface area contributed by atoms with Gasteiger partial charge < -0.3 is 5.73 Å². The topological polar surface area (TPSA) is 38.9 Å². The highest BCUT2D eigenvalue weighted by Crippen LogP contribution is 2.44. The van der Waals surface area contributed by atoms with E-state index in [1.54, 1.807) is 11.3 Å². The summed E-state index contributed by atoms with van der Waals surface area (Å²) in [6, 6.07) is 0. The van der Waals surface area contributed by atoms with E-state index >= 15 is 0 Å². The maximum absolute atomic E-state index is 6.16. The predicted molar refractivity (Wildman–Crippen MR) is 46.4 cm³/mol. The van der Waals surface area contributed by atoms with Crippen LogP contribution in [0.1, 0.15) is 24.8 Å². The van der Waals surface area contributed by atoms with E-state index in [1.807, 2.05) is 11.6 Å². The summed E-state index contributed by atoms with van der Waals surface area (Å²) in [4.78, 5) is 4.25. The molecule has 60 valence electrons. The van der Waals surface area contributed by atoms with E-state index in [-0.39, 0.29) is 5.54 Å². The molecule has 0 radical (unpaired) electrons. The second-order valence-electron chi connectivity index (χ2n) is 3.32. The molecule has 2 unspecified atom stereocenters. The van der Waals surface area contributed by atoms with Crippen molar-refractivity contribution in [3.8, 4) is 0 Å². The molecule has 1 aromatic rings. The monoisotopic (exact) mass is 168 g/mol. The minimum Gasteiger partial charge on any atom is -0.319 e. The Morgan fingerprint density at radius 1 is 1.82 bits per heavy atom. The van der Waals surface area contributed by atoms with E-state index in [4.69, 9.17) is 5.73 Å². The fraction of sp³-hybridized carbons (Fsp3) is 0.625. The first-order valence-corrected chi connectivity index (χ1v) is 4.80. The van der Waals surface area contributed by atoms with Crippen LogP contribution in [-0.2, 0) is 5.54 Å². The Morgan fingerprint density at radius 2 is 2.64 bits per heavy atom. The van der Waals surface area contributed by atoms with Gasteiger partial charge in [0.1, 0.15) is 5.01 Å². The summed E-state index contributed by atoms with van der Waals surface area (Å²) < 4.78 is 0. The summed E-state index contributed by atoms with van der Waals surface area (Å²) in [5, 5.41) is 3.10. The number of thiazole rings is 1. The van der Waals surface area contributed by atoms with Crippen molar-refractivity contribution >= 4 is 11.3 Å². The van der Waals surface area contributed by atoms with Gasteiger partial charge in [-0.15, -0.1) is 11.3 Å². The summed E-state index contributed by atoms with van der Waals surface area (Å²) >= 11 is 1.67. The zero-order valence-electron chi connectivity index (χ0n) is 6.58. The van der Waals surface area contributed by atoms with Crippen LogP contribution in [0.4, 0.5) is 0 Å². The molecule has 1 aliphatic rings. The molecule has 0 spiro atoms. The van der Waals surface area contributed by atoms with Crippen LogP contribution in [0.25, 0.3) is 0 Å². The average molecular weight is 168 g/mol. The average Bonchev–Trinajstić information content (AvgIpc) is 2.52. The zero-order chi connectivity index (χ0) is 7.90. The van der Waals surface area contributed by atoms with Crippen LogP contribution in [0.15, 0.2) is 11.6 Å². The Hall–Kier alpha value is -0.410. The molecule has 0 aromatic carbocycles. The van der Waals surface area contributed by atoms with Gasteiger partial charge in [-0.25, -0.2) is 4.98 Å². The molecule has 0 amide bonds. The maximum atomic E-state index is 6.16. The summed E-state index contributed by atoms with van der Waals surface area (Å²) in [5.74, 6) is 0.605. The van der Waals surface area contributed by atoms with E-state index in [0.29, 0.717) is 5.92 Å². The molecule has 3 heteroatoms. The van der Waals surface area contributed by atoms with Gasteiger partial charge in [-0.1, -0.05) is 6.92 Å². The smallest absolute Gasteiger partial charge is 0.113 e. The van der Waals surface area contributed by atoms with Crippen molar-refractivity contribution in [3.63, 3.8) is 0 Å². The van der Waals surface area contributed by atoms with Crippen LogP contribution in [0, 0.1) is 5.92 Å². The maximum Gasteiger partial charge on any atom is 0.113 e. The Labute approximate surface area is 70.5 Å². The third-order valence-corrected chi connectivity index (χ3v) is 3.67. The molecule has 2 N–H and O–H groups in total. The summed E-state index contributed by atoms with van der Waals surface area (Å²) in [5.41, 5.74) is 6.07. The molecular formula is C8H12N2S. The third-order valence-electron chi connectivity index (χ3n) is 2.70. The quantitative estimate of drug-likeness (QED) is 0.693. The van der Waals surface area contributed by atoms with Crippen LogP contribution < -0.4 is 5.73 Å². The molecule has 1 fully saturated rings. The van der Waals surface area contributed by atoms with Gasteiger partial charge in [0.25, 0.3) is 0 Å². The molecule has 0 saturated heterocycles. The number of hydrogen-bond acceptors (Lipinski definition) is 3. The van der Waals surface area contributed by atoms with Gasteiger partial charge >= 0.3 is 0 Å². The first kappa shape index (κ1) is 7.25. The highest BCUT2D eigenvalue weighted by molar-refractivity contribution is 7.09. The molecule has 1 aromatic heterocycles. The van der Waals surface area contributed by atoms with Crippen molar-refractivity contribution in [3.05, 3.63) is 16.6 Å². The Balaban J connectivity index is 2.28. The number of nitrogens with two attached hydrogens (primary N) is 1. The Morgan fingerprint density at radius 3 is 3.00 bits per heavy atom. The van der Waals surface area contributed by atoms with Crippen LogP contribution in [0.3, 0.4) is 0 Å². The van der Waals surface area contributed by atoms with Crippen LogP contribution in [0.2, 0.25) is 0 Å². The molecule has 0 bridgehead atoms. The number of aromatic nitrogens is 1. The first-order chi connectivity index (χ1) is 5.23. The van der Waals surface area contributed by atoms with E-state index in [2.05, 4.69) is 11.9 Å². The lowest BCUT2D eigenvalue weighted by Gasteiger charge is -2.43. The third kappa shape index (κ3) is 0.914. The van der Waals surface area contributed by atoms with Gasteiger partial charge in [0.05, 0.1) is 5.54 Å². The van der Waals surface area contributed by atoms with E-state index in [0.717, 1.165) is 11.4 Å². The Bertz CT molecular complexity index is 245. The lowest BCUT2D eigenvalue weighted by molar-refractivity contribution is 0.144. The highest BCUT2D eigenvalue weighted by Gasteiger charge is 2.43. The molecule has 2 atom stereocenters. The van der Waals surface area contributed by atoms with Crippen molar-refractivity contribution in [1.82, 2.24) is 4.98 Å². The molecule has 2 nitrogen and oxygen atoms in total. The molecule has 1 aliphatic carbocycles. The van der Waals surface area contributed by atoms with E-state index in [9.17, 15) is 0 Å². The Kier molecular flexibility index (Phi) is 1.51. The van der Waals surface area contributed by atoms with Crippen molar-refractivity contribution in [2.45, 2.75) is 25.3 Å². The molecule has 2 rings (SSSR count). The normalized spacial score (nSPS) is 36.7. The lowest BCUT2D eigenvalue weighted by Crippen LogP contribution is -2.50. The van der Waals surface area contributed by atoms with Crippen molar-refractivity contribution in [2.24, 2.45) is 11.7 Å². The predicted octanol–water partition coefficient (Wildman–Crippen LogP) is 1.73. The van der Waals surface area contributed by atoms with Gasteiger partial charge in [-0.05, 0) is 18.8 Å². The van der Waals surface area contributed by atoms with Gasteiger partial charge in [0, 0.05) is 11.6 Å². The minimum absolute atomic E-state index is 0.0891. The standard InChI is InChI=1S/C8H12N2S/c1-6-2-3-8(6,9)7-10-4-5-11-7/h4-6H,2-3,9H2,1H3. The highest BCUT2D eigenvalue weighted by atomic mass is 32.1. The van der Waals surface area contributed by atoms with Crippen molar-refractivity contribution in [1.29, 1.82) is 0 Å². The summed E-state index contributed by atoms with van der Waals surface area (Å²) in [6.07, 6.45) is 4.18. The fourth-order valence-electron chi connectivity index (χ4n) is 1.52. The number of rotatable bonds is 1. The molecule has 1 saturated carbocycles. The lowest BCUT2D eigenvalue weighted by atomic mass is 9.69. The van der Waals surface area contributed by atoms with Crippen LogP contribution >= 0.6 is 11.3 Å². The minimum atomic E-state index is -0.0891. The van der Waals surface area contributed by atoms with Crippen LogP contribution in [0.5, 0.6) is 0 Å².